The van der Waals surface area contributed by atoms with E-state index in [0.717, 1.165) is 10.8 Å². The van der Waals surface area contributed by atoms with Crippen LogP contribution in [-0.2, 0) is 6.61 Å². The van der Waals surface area contributed by atoms with Crippen LogP contribution in [0, 0.1) is 5.82 Å². The van der Waals surface area contributed by atoms with E-state index in [2.05, 4.69) is 0 Å². The minimum Gasteiger partial charge on any atom is -0.504 e. The lowest BCUT2D eigenvalue weighted by molar-refractivity contribution is 0.289. The van der Waals surface area contributed by atoms with Crippen LogP contribution in [-0.4, -0.2) is 5.11 Å². The van der Waals surface area contributed by atoms with Crippen LogP contribution < -0.4 is 4.74 Å². The molecule has 0 aliphatic rings. The molecule has 0 unspecified atom stereocenters. The maximum absolute atomic E-state index is 13.4. The maximum Gasteiger partial charge on any atom is 0.162 e. The van der Waals surface area contributed by atoms with Gasteiger partial charge in [-0.3, -0.25) is 0 Å². The van der Waals surface area contributed by atoms with Crippen molar-refractivity contribution in [1.82, 2.24) is 0 Å². The second-order valence-electron chi connectivity index (χ2n) is 4.70. The van der Waals surface area contributed by atoms with Gasteiger partial charge in [-0.1, -0.05) is 41.9 Å². The molecule has 3 rings (SSSR count). The molecule has 3 aromatic carbocycles. The average molecular weight is 303 g/mol. The lowest BCUT2D eigenvalue weighted by atomic mass is 10.1. The molecule has 0 heterocycles. The molecule has 4 heteroatoms. The first-order valence-corrected chi connectivity index (χ1v) is 6.80. The average Bonchev–Trinajstić information content (AvgIpc) is 2.48. The number of hydrogen-bond donors (Lipinski definition) is 1. The summed E-state index contributed by atoms with van der Waals surface area (Å²) < 4.78 is 18.9. The Balaban J connectivity index is 1.84. The summed E-state index contributed by atoms with van der Waals surface area (Å²) in [5.41, 5.74) is 0.643. The van der Waals surface area contributed by atoms with E-state index in [-0.39, 0.29) is 17.4 Å². The van der Waals surface area contributed by atoms with Crippen LogP contribution in [0.2, 0.25) is 5.02 Å². The Bertz CT molecular complexity index is 802. The molecule has 3 aromatic rings. The Morgan fingerprint density at radius 2 is 1.71 bits per heavy atom. The highest BCUT2D eigenvalue weighted by Gasteiger charge is 2.07. The molecule has 0 bridgehead atoms. The van der Waals surface area contributed by atoms with Crippen LogP contribution in [0.15, 0.2) is 54.6 Å². The van der Waals surface area contributed by atoms with Crippen molar-refractivity contribution in [2.45, 2.75) is 6.61 Å². The summed E-state index contributed by atoms with van der Waals surface area (Å²) in [4.78, 5) is 0. The second-order valence-corrected chi connectivity index (χ2v) is 5.11. The molecule has 0 saturated carbocycles. The van der Waals surface area contributed by atoms with Crippen molar-refractivity contribution < 1.29 is 14.2 Å². The summed E-state index contributed by atoms with van der Waals surface area (Å²) in [7, 11) is 0. The number of phenolic OH excluding ortho intramolecular Hbond substituents is 1. The normalized spacial score (nSPS) is 10.8. The Morgan fingerprint density at radius 1 is 1.00 bits per heavy atom. The van der Waals surface area contributed by atoms with Gasteiger partial charge in [-0.05, 0) is 40.6 Å². The van der Waals surface area contributed by atoms with Crippen molar-refractivity contribution in [2.75, 3.05) is 0 Å². The number of hydrogen-bond acceptors (Lipinski definition) is 2. The van der Waals surface area contributed by atoms with Crippen molar-refractivity contribution in [3.8, 4) is 11.5 Å². The number of aromatic hydroxyl groups is 1. The summed E-state index contributed by atoms with van der Waals surface area (Å²) in [6, 6.07) is 15.6. The molecule has 0 saturated heterocycles. The van der Waals surface area contributed by atoms with Crippen molar-refractivity contribution in [1.29, 1.82) is 0 Å². The van der Waals surface area contributed by atoms with Gasteiger partial charge in [-0.25, -0.2) is 4.39 Å². The van der Waals surface area contributed by atoms with E-state index in [4.69, 9.17) is 16.3 Å². The number of phenols is 1. The number of fused-ring (bicyclic) bond motifs is 1. The molecule has 0 radical (unpaired) electrons. The largest absolute Gasteiger partial charge is 0.504 e. The second kappa shape index (κ2) is 5.62. The molecule has 0 atom stereocenters. The zero-order valence-corrected chi connectivity index (χ0v) is 11.8. The summed E-state index contributed by atoms with van der Waals surface area (Å²) in [5.74, 6) is -0.0623. The molecule has 1 N–H and O–H groups in total. The molecule has 0 aromatic heterocycles. The van der Waals surface area contributed by atoms with Crippen LogP contribution in [0.5, 0.6) is 11.5 Å². The topological polar surface area (TPSA) is 29.5 Å². The van der Waals surface area contributed by atoms with Crippen molar-refractivity contribution >= 4 is 22.4 Å². The number of ether oxygens (including phenoxy) is 1. The fourth-order valence-corrected chi connectivity index (χ4v) is 2.23. The van der Waals surface area contributed by atoms with Crippen LogP contribution >= 0.6 is 11.6 Å². The molecule has 0 aliphatic carbocycles. The Morgan fingerprint density at radius 3 is 2.43 bits per heavy atom. The highest BCUT2D eigenvalue weighted by Crippen LogP contribution is 2.32. The van der Waals surface area contributed by atoms with E-state index in [1.54, 1.807) is 18.2 Å². The van der Waals surface area contributed by atoms with Crippen molar-refractivity contribution in [3.63, 3.8) is 0 Å². The fraction of sp³-hybridized carbons (Fsp3) is 0.0588. The van der Waals surface area contributed by atoms with Crippen LogP contribution in [0.1, 0.15) is 5.56 Å². The maximum atomic E-state index is 13.4. The van der Waals surface area contributed by atoms with Crippen LogP contribution in [0.3, 0.4) is 0 Å². The molecule has 2 nitrogen and oxygen atoms in total. The van der Waals surface area contributed by atoms with Gasteiger partial charge < -0.3 is 9.84 Å². The van der Waals surface area contributed by atoms with Crippen LogP contribution in [0.4, 0.5) is 4.39 Å². The molecule has 106 valence electrons. The standard InChI is InChI=1S/C17H12ClFO2/c18-14-6-5-11(7-15(14)19)10-21-17-9-13-4-2-1-3-12(13)8-16(17)20/h1-9,20H,10H2. The fourth-order valence-electron chi connectivity index (χ4n) is 2.11. The van der Waals surface area contributed by atoms with Gasteiger partial charge in [-0.2, -0.15) is 0 Å². The summed E-state index contributed by atoms with van der Waals surface area (Å²) >= 11 is 5.63. The quantitative estimate of drug-likeness (QED) is 0.744. The summed E-state index contributed by atoms with van der Waals surface area (Å²) in [6.07, 6.45) is 0. The molecule has 21 heavy (non-hydrogen) atoms. The first-order chi connectivity index (χ1) is 10.1. The molecule has 0 fully saturated rings. The van der Waals surface area contributed by atoms with Crippen molar-refractivity contribution in [2.24, 2.45) is 0 Å². The van der Waals surface area contributed by atoms with E-state index < -0.39 is 5.82 Å². The third-order valence-corrected chi connectivity index (χ3v) is 3.51. The predicted molar refractivity (Wildman–Crippen MR) is 81.4 cm³/mol. The number of rotatable bonds is 3. The van der Waals surface area contributed by atoms with Gasteiger partial charge >= 0.3 is 0 Å². The zero-order chi connectivity index (χ0) is 14.8. The first kappa shape index (κ1) is 13.7. The van der Waals surface area contributed by atoms with Gasteiger partial charge in [0.25, 0.3) is 0 Å². The van der Waals surface area contributed by atoms with Crippen molar-refractivity contribution in [3.05, 3.63) is 71.0 Å². The molecular weight excluding hydrogens is 291 g/mol. The SMILES string of the molecule is Oc1cc2ccccc2cc1OCc1ccc(Cl)c(F)c1. The predicted octanol–water partition coefficient (Wildman–Crippen LogP) is 4.92. The molecule has 0 spiro atoms. The highest BCUT2D eigenvalue weighted by molar-refractivity contribution is 6.30. The number of benzene rings is 3. The third kappa shape index (κ3) is 2.93. The van der Waals surface area contributed by atoms with Gasteiger partial charge in [0.2, 0.25) is 0 Å². The zero-order valence-electron chi connectivity index (χ0n) is 11.0. The Hall–Kier alpha value is -2.26. The summed E-state index contributed by atoms with van der Waals surface area (Å²) in [5, 5.41) is 11.9. The molecular formula is C17H12ClFO2. The highest BCUT2D eigenvalue weighted by atomic mass is 35.5. The molecule has 0 amide bonds. The lowest BCUT2D eigenvalue weighted by Gasteiger charge is -2.10. The third-order valence-electron chi connectivity index (χ3n) is 3.21. The monoisotopic (exact) mass is 302 g/mol. The van der Waals surface area contributed by atoms with Gasteiger partial charge in [-0.15, -0.1) is 0 Å². The minimum atomic E-state index is -0.486. The molecule has 0 aliphatic heterocycles. The Kier molecular flexibility index (Phi) is 3.67. The van der Waals surface area contributed by atoms with E-state index >= 15 is 0 Å². The summed E-state index contributed by atoms with van der Waals surface area (Å²) in [6.45, 7) is 0.153. The van der Waals surface area contributed by atoms with Gasteiger partial charge in [0.15, 0.2) is 11.5 Å². The van der Waals surface area contributed by atoms with E-state index in [1.807, 2.05) is 24.3 Å². The van der Waals surface area contributed by atoms with Gasteiger partial charge in [0.1, 0.15) is 12.4 Å². The lowest BCUT2D eigenvalue weighted by Crippen LogP contribution is -1.96. The Labute approximate surface area is 126 Å². The van der Waals surface area contributed by atoms with Gasteiger partial charge in [0.05, 0.1) is 5.02 Å². The minimum absolute atomic E-state index is 0.0585. The van der Waals surface area contributed by atoms with E-state index in [9.17, 15) is 9.50 Å². The van der Waals surface area contributed by atoms with E-state index in [0.29, 0.717) is 11.3 Å². The number of halogens is 2. The first-order valence-electron chi connectivity index (χ1n) is 6.42. The van der Waals surface area contributed by atoms with Gasteiger partial charge in [0, 0.05) is 0 Å². The smallest absolute Gasteiger partial charge is 0.162 e. The van der Waals surface area contributed by atoms with E-state index in [1.165, 1.54) is 12.1 Å². The van der Waals surface area contributed by atoms with Crippen LogP contribution in [0.25, 0.3) is 10.8 Å².